The summed E-state index contributed by atoms with van der Waals surface area (Å²) in [5, 5.41) is 26.0. The van der Waals surface area contributed by atoms with E-state index in [-0.39, 0.29) is 5.92 Å². The lowest BCUT2D eigenvalue weighted by Gasteiger charge is -2.27. The van der Waals surface area contributed by atoms with E-state index in [0.29, 0.717) is 12.2 Å². The van der Waals surface area contributed by atoms with Gasteiger partial charge in [0.25, 0.3) is 0 Å². The lowest BCUT2D eigenvalue weighted by atomic mass is 10.0. The SMILES string of the molecule is CSCCC(NC(=O)C(C)N)C(=O)NC(C(=O)NC(C(=O)O)C(C)O)C(C)C. The van der Waals surface area contributed by atoms with Crippen LogP contribution in [0.3, 0.4) is 0 Å². The molecule has 0 aromatic rings. The molecule has 3 amide bonds. The molecule has 0 radical (unpaired) electrons. The van der Waals surface area contributed by atoms with E-state index >= 15 is 0 Å². The first-order valence-corrected chi connectivity index (χ1v) is 10.4. The molecule has 0 aromatic carbocycles. The number of rotatable bonds is 12. The first-order valence-electron chi connectivity index (χ1n) is 8.98. The zero-order valence-electron chi connectivity index (χ0n) is 16.9. The van der Waals surface area contributed by atoms with Gasteiger partial charge in [-0.2, -0.15) is 11.8 Å². The number of aliphatic hydroxyl groups excluding tert-OH is 1. The molecule has 5 unspecified atom stereocenters. The minimum atomic E-state index is -1.50. The Kier molecular flexibility index (Phi) is 11.7. The summed E-state index contributed by atoms with van der Waals surface area (Å²) in [7, 11) is 0. The number of hydrogen-bond donors (Lipinski definition) is 6. The van der Waals surface area contributed by atoms with Crippen LogP contribution in [-0.4, -0.2) is 76.2 Å². The van der Waals surface area contributed by atoms with E-state index in [4.69, 9.17) is 10.8 Å². The Bertz CT molecular complexity index is 556. The standard InChI is InChI=1S/C17H32N4O6S/c1-8(2)12(16(25)21-13(10(4)22)17(26)27)20-15(24)11(6-7-28-5)19-14(23)9(3)18/h8-13,22H,6-7,18H2,1-5H3,(H,19,23)(H,20,24)(H,21,25)(H,26,27). The number of carboxylic acid groups (broad SMARTS) is 1. The van der Waals surface area contributed by atoms with Crippen LogP contribution in [0.5, 0.6) is 0 Å². The van der Waals surface area contributed by atoms with Crippen molar-refractivity contribution >= 4 is 35.5 Å². The average Bonchev–Trinajstić information content (AvgIpc) is 2.59. The van der Waals surface area contributed by atoms with Crippen molar-refractivity contribution in [3.63, 3.8) is 0 Å². The maximum absolute atomic E-state index is 12.7. The molecule has 11 heteroatoms. The van der Waals surface area contributed by atoms with Gasteiger partial charge in [-0.15, -0.1) is 0 Å². The van der Waals surface area contributed by atoms with Crippen molar-refractivity contribution in [2.75, 3.05) is 12.0 Å². The Hall–Kier alpha value is -1.85. The van der Waals surface area contributed by atoms with Crippen molar-refractivity contribution in [1.82, 2.24) is 16.0 Å². The molecule has 0 aromatic heterocycles. The minimum absolute atomic E-state index is 0.337. The Morgan fingerprint density at radius 2 is 1.46 bits per heavy atom. The highest BCUT2D eigenvalue weighted by Gasteiger charge is 2.32. The van der Waals surface area contributed by atoms with Gasteiger partial charge in [-0.3, -0.25) is 14.4 Å². The second-order valence-corrected chi connectivity index (χ2v) is 7.91. The summed E-state index contributed by atoms with van der Waals surface area (Å²) < 4.78 is 0. The predicted molar refractivity (Wildman–Crippen MR) is 107 cm³/mol. The van der Waals surface area contributed by atoms with Crippen LogP contribution in [0.4, 0.5) is 0 Å². The van der Waals surface area contributed by atoms with Crippen LogP contribution in [0.2, 0.25) is 0 Å². The lowest BCUT2D eigenvalue weighted by Crippen LogP contribution is -2.59. The summed E-state index contributed by atoms with van der Waals surface area (Å²) in [5.74, 6) is -2.96. The molecule has 0 bridgehead atoms. The van der Waals surface area contributed by atoms with Crippen LogP contribution in [0.15, 0.2) is 0 Å². The molecule has 0 fully saturated rings. The number of carbonyl (C=O) groups is 4. The monoisotopic (exact) mass is 420 g/mol. The highest BCUT2D eigenvalue weighted by Crippen LogP contribution is 2.07. The first kappa shape index (κ1) is 26.1. The average molecular weight is 421 g/mol. The van der Waals surface area contributed by atoms with E-state index < -0.39 is 54.0 Å². The molecule has 0 aliphatic carbocycles. The van der Waals surface area contributed by atoms with Gasteiger partial charge in [0.2, 0.25) is 17.7 Å². The number of amides is 3. The third-order valence-corrected chi connectivity index (χ3v) is 4.59. The minimum Gasteiger partial charge on any atom is -0.480 e. The van der Waals surface area contributed by atoms with E-state index in [9.17, 15) is 24.3 Å². The third kappa shape index (κ3) is 8.89. The van der Waals surface area contributed by atoms with Crippen LogP contribution >= 0.6 is 11.8 Å². The zero-order chi connectivity index (χ0) is 22.0. The van der Waals surface area contributed by atoms with Crippen LogP contribution in [-0.2, 0) is 19.2 Å². The Morgan fingerprint density at radius 3 is 1.86 bits per heavy atom. The fraction of sp³-hybridized carbons (Fsp3) is 0.765. The number of carbonyl (C=O) groups excluding carboxylic acids is 3. The van der Waals surface area contributed by atoms with Gasteiger partial charge in [-0.1, -0.05) is 13.8 Å². The van der Waals surface area contributed by atoms with Gasteiger partial charge in [-0.25, -0.2) is 4.79 Å². The molecule has 0 aliphatic heterocycles. The van der Waals surface area contributed by atoms with Crippen LogP contribution in [0.25, 0.3) is 0 Å². The van der Waals surface area contributed by atoms with Gasteiger partial charge in [-0.05, 0) is 38.2 Å². The van der Waals surface area contributed by atoms with Gasteiger partial charge in [0.05, 0.1) is 12.1 Å². The molecule has 0 spiro atoms. The Labute approximate surface area is 169 Å². The summed E-state index contributed by atoms with van der Waals surface area (Å²) in [6.45, 7) is 6.09. The van der Waals surface area contributed by atoms with E-state index in [0.717, 1.165) is 0 Å². The van der Waals surface area contributed by atoms with Gasteiger partial charge < -0.3 is 31.9 Å². The highest BCUT2D eigenvalue weighted by atomic mass is 32.2. The van der Waals surface area contributed by atoms with E-state index in [2.05, 4.69) is 16.0 Å². The molecule has 0 rings (SSSR count). The Morgan fingerprint density at radius 1 is 0.929 bits per heavy atom. The zero-order valence-corrected chi connectivity index (χ0v) is 17.7. The normalized spacial score (nSPS) is 16.4. The number of nitrogens with two attached hydrogens (primary N) is 1. The summed E-state index contributed by atoms with van der Waals surface area (Å²) in [4.78, 5) is 48.2. The predicted octanol–water partition coefficient (Wildman–Crippen LogP) is -1.34. The molecular weight excluding hydrogens is 388 g/mol. The number of aliphatic hydroxyl groups is 1. The van der Waals surface area contributed by atoms with Crippen LogP contribution in [0.1, 0.15) is 34.1 Å². The number of nitrogens with one attached hydrogen (secondary N) is 3. The topological polar surface area (TPSA) is 171 Å². The molecule has 10 nitrogen and oxygen atoms in total. The molecule has 28 heavy (non-hydrogen) atoms. The Balaban J connectivity index is 5.29. The van der Waals surface area contributed by atoms with E-state index in [1.54, 1.807) is 13.8 Å². The summed E-state index contributed by atoms with van der Waals surface area (Å²) in [5.41, 5.74) is 5.53. The summed E-state index contributed by atoms with van der Waals surface area (Å²) >= 11 is 1.49. The summed E-state index contributed by atoms with van der Waals surface area (Å²) in [6.07, 6.45) is 0.877. The summed E-state index contributed by atoms with van der Waals surface area (Å²) in [6, 6.07) is -4.23. The largest absolute Gasteiger partial charge is 0.480 e. The first-order chi connectivity index (χ1) is 12.9. The molecule has 0 heterocycles. The van der Waals surface area contributed by atoms with Gasteiger partial charge >= 0.3 is 5.97 Å². The highest BCUT2D eigenvalue weighted by molar-refractivity contribution is 7.98. The molecule has 0 saturated heterocycles. The van der Waals surface area contributed by atoms with Crippen LogP contribution < -0.4 is 21.7 Å². The molecule has 7 N–H and O–H groups in total. The second-order valence-electron chi connectivity index (χ2n) is 6.93. The molecule has 5 atom stereocenters. The van der Waals surface area contributed by atoms with Crippen molar-refractivity contribution in [2.24, 2.45) is 11.7 Å². The molecular formula is C17H32N4O6S. The lowest BCUT2D eigenvalue weighted by molar-refractivity contribution is -0.145. The number of carboxylic acids is 1. The van der Waals surface area contributed by atoms with Crippen molar-refractivity contribution in [3.05, 3.63) is 0 Å². The molecule has 0 aliphatic rings. The molecule has 0 saturated carbocycles. The van der Waals surface area contributed by atoms with E-state index in [1.807, 2.05) is 6.26 Å². The number of hydrogen-bond acceptors (Lipinski definition) is 7. The maximum atomic E-state index is 12.7. The fourth-order valence-electron chi connectivity index (χ4n) is 2.23. The fourth-order valence-corrected chi connectivity index (χ4v) is 2.70. The van der Waals surface area contributed by atoms with E-state index in [1.165, 1.54) is 25.6 Å². The van der Waals surface area contributed by atoms with Crippen molar-refractivity contribution in [2.45, 2.75) is 64.4 Å². The van der Waals surface area contributed by atoms with Gasteiger partial charge in [0.1, 0.15) is 12.1 Å². The maximum Gasteiger partial charge on any atom is 0.328 e. The third-order valence-electron chi connectivity index (χ3n) is 3.95. The van der Waals surface area contributed by atoms with Gasteiger partial charge in [0, 0.05) is 0 Å². The second kappa shape index (κ2) is 12.6. The number of aliphatic carboxylic acids is 1. The van der Waals surface area contributed by atoms with Crippen molar-refractivity contribution in [3.8, 4) is 0 Å². The van der Waals surface area contributed by atoms with Gasteiger partial charge in [0.15, 0.2) is 6.04 Å². The van der Waals surface area contributed by atoms with Crippen molar-refractivity contribution in [1.29, 1.82) is 0 Å². The molecule has 162 valence electrons. The van der Waals surface area contributed by atoms with Crippen LogP contribution in [0, 0.1) is 5.92 Å². The smallest absolute Gasteiger partial charge is 0.328 e. The quantitative estimate of drug-likeness (QED) is 0.225. The van der Waals surface area contributed by atoms with Crippen molar-refractivity contribution < 1.29 is 29.4 Å². The number of thioether (sulfide) groups is 1.